The Morgan fingerprint density at radius 2 is 2.05 bits per heavy atom. The average Bonchev–Trinajstić information content (AvgIpc) is 2.76. The highest BCUT2D eigenvalue weighted by Crippen LogP contribution is 2.16. The van der Waals surface area contributed by atoms with Gasteiger partial charge in [0.2, 0.25) is 0 Å². The van der Waals surface area contributed by atoms with Crippen LogP contribution in [0.1, 0.15) is 24.8 Å². The van der Waals surface area contributed by atoms with Gasteiger partial charge in [-0.15, -0.1) is 5.12 Å². The maximum atomic E-state index is 13.1. The van der Waals surface area contributed by atoms with Crippen LogP contribution >= 0.6 is 0 Å². The van der Waals surface area contributed by atoms with E-state index in [4.69, 9.17) is 0 Å². The molecule has 0 bridgehead atoms. The summed E-state index contributed by atoms with van der Waals surface area (Å²) in [5, 5.41) is -0.112. The summed E-state index contributed by atoms with van der Waals surface area (Å²) in [6, 6.07) is 8.93. The summed E-state index contributed by atoms with van der Waals surface area (Å²) in [5.41, 5.74) is 1.22. The van der Waals surface area contributed by atoms with Gasteiger partial charge in [0, 0.05) is 6.42 Å². The average molecular weight is 265 g/mol. The molecule has 1 saturated heterocycles. The van der Waals surface area contributed by atoms with Gasteiger partial charge in [-0.2, -0.15) is 0 Å². The first-order valence-corrected chi connectivity index (χ1v) is 6.37. The van der Waals surface area contributed by atoms with Gasteiger partial charge in [0.1, 0.15) is 6.61 Å². The van der Waals surface area contributed by atoms with Crippen molar-refractivity contribution < 1.29 is 18.8 Å². The van der Waals surface area contributed by atoms with Gasteiger partial charge in [-0.05, 0) is 24.8 Å². The van der Waals surface area contributed by atoms with Crippen molar-refractivity contribution in [1.82, 2.24) is 5.12 Å². The number of Topliss-reactive ketones (excluding diaryl/α,β-unsaturated/α-hetero) is 1. The molecule has 1 aliphatic rings. The summed E-state index contributed by atoms with van der Waals surface area (Å²) < 4.78 is 17.6. The molecule has 1 heterocycles. The minimum atomic E-state index is -1.07. The summed E-state index contributed by atoms with van der Waals surface area (Å²) in [6.45, 7) is -0.174. The van der Waals surface area contributed by atoms with Crippen LogP contribution in [0.3, 0.4) is 0 Å². The Balaban J connectivity index is 1.69. The minimum Gasteiger partial charge on any atom is -0.445 e. The van der Waals surface area contributed by atoms with E-state index in [1.165, 1.54) is 5.56 Å². The number of rotatable bonds is 6. The second kappa shape index (κ2) is 6.31. The number of hydrogen-bond acceptors (Lipinski definition) is 3. The number of aryl methyl sites for hydroxylation is 1. The first-order valence-electron chi connectivity index (χ1n) is 6.37. The predicted octanol–water partition coefficient (Wildman–Crippen LogP) is 2.67. The van der Waals surface area contributed by atoms with Gasteiger partial charge in [0.15, 0.2) is 11.8 Å². The van der Waals surface area contributed by atoms with Crippen LogP contribution in [-0.2, 0) is 16.0 Å². The van der Waals surface area contributed by atoms with Crippen LogP contribution in [0.4, 0.5) is 9.28 Å². The molecule has 1 fully saturated rings. The molecule has 0 radical (unpaired) electrons. The van der Waals surface area contributed by atoms with Crippen molar-refractivity contribution in [2.24, 2.45) is 0 Å². The van der Waals surface area contributed by atoms with E-state index in [9.17, 15) is 14.1 Å². The SMILES string of the molecule is O=C(CCCCc1ccccc1)C1COC(=O)N1F. The highest BCUT2D eigenvalue weighted by molar-refractivity contribution is 5.88. The third-order valence-corrected chi connectivity index (χ3v) is 3.17. The van der Waals surface area contributed by atoms with E-state index in [2.05, 4.69) is 4.74 Å². The number of nitrogens with zero attached hydrogens (tertiary/aromatic N) is 1. The maximum absolute atomic E-state index is 13.1. The third-order valence-electron chi connectivity index (χ3n) is 3.17. The van der Waals surface area contributed by atoms with Crippen LogP contribution in [0.15, 0.2) is 30.3 Å². The number of ketones is 1. The molecule has 1 amide bonds. The van der Waals surface area contributed by atoms with Crippen molar-refractivity contribution in [3.05, 3.63) is 35.9 Å². The van der Waals surface area contributed by atoms with E-state index >= 15 is 0 Å². The molecule has 0 N–H and O–H groups in total. The molecule has 0 aliphatic carbocycles. The zero-order valence-corrected chi connectivity index (χ0v) is 10.5. The lowest BCUT2D eigenvalue weighted by Crippen LogP contribution is -2.33. The van der Waals surface area contributed by atoms with Crippen LogP contribution in [0.2, 0.25) is 0 Å². The van der Waals surface area contributed by atoms with Crippen LogP contribution in [0.5, 0.6) is 0 Å². The first kappa shape index (κ1) is 13.5. The number of unbranched alkanes of at least 4 members (excludes halogenated alkanes) is 1. The fourth-order valence-electron chi connectivity index (χ4n) is 2.06. The second-order valence-corrected chi connectivity index (χ2v) is 4.56. The minimum absolute atomic E-state index is 0.112. The summed E-state index contributed by atoms with van der Waals surface area (Å²) in [7, 11) is 0. The van der Waals surface area contributed by atoms with Gasteiger partial charge in [0.05, 0.1) is 0 Å². The fourth-order valence-corrected chi connectivity index (χ4v) is 2.06. The molecule has 1 aliphatic heterocycles. The Hall–Kier alpha value is -1.91. The first-order chi connectivity index (χ1) is 9.18. The summed E-state index contributed by atoms with van der Waals surface area (Å²) in [5.74, 6) is -0.276. The van der Waals surface area contributed by atoms with Gasteiger partial charge in [0.25, 0.3) is 0 Å². The molecule has 1 aromatic rings. The van der Waals surface area contributed by atoms with Gasteiger partial charge < -0.3 is 4.74 Å². The molecular formula is C14H16FNO3. The van der Waals surface area contributed by atoms with Gasteiger partial charge in [-0.25, -0.2) is 4.79 Å². The Labute approximate surface area is 111 Å². The van der Waals surface area contributed by atoms with E-state index in [0.29, 0.717) is 6.42 Å². The highest BCUT2D eigenvalue weighted by Gasteiger charge is 2.38. The zero-order chi connectivity index (χ0) is 13.7. The molecule has 1 unspecified atom stereocenters. The third kappa shape index (κ3) is 3.53. The summed E-state index contributed by atoms with van der Waals surface area (Å²) in [4.78, 5) is 22.5. The van der Waals surface area contributed by atoms with Gasteiger partial charge in [-0.1, -0.05) is 34.8 Å². The lowest BCUT2D eigenvalue weighted by molar-refractivity contribution is -0.126. The van der Waals surface area contributed by atoms with E-state index in [0.717, 1.165) is 12.8 Å². The van der Waals surface area contributed by atoms with Crippen molar-refractivity contribution in [3.63, 3.8) is 0 Å². The molecular weight excluding hydrogens is 249 g/mol. The topological polar surface area (TPSA) is 46.6 Å². The molecule has 1 aromatic carbocycles. The van der Waals surface area contributed by atoms with Crippen molar-refractivity contribution in [2.75, 3.05) is 6.61 Å². The van der Waals surface area contributed by atoms with Crippen molar-refractivity contribution in [2.45, 2.75) is 31.7 Å². The largest absolute Gasteiger partial charge is 0.445 e. The Kier molecular flexibility index (Phi) is 4.49. The predicted molar refractivity (Wildman–Crippen MR) is 67.1 cm³/mol. The molecule has 0 aromatic heterocycles. The second-order valence-electron chi connectivity index (χ2n) is 4.56. The van der Waals surface area contributed by atoms with E-state index < -0.39 is 12.1 Å². The fraction of sp³-hybridized carbons (Fsp3) is 0.429. The number of benzene rings is 1. The van der Waals surface area contributed by atoms with E-state index in [-0.39, 0.29) is 23.9 Å². The Morgan fingerprint density at radius 1 is 1.32 bits per heavy atom. The van der Waals surface area contributed by atoms with Crippen molar-refractivity contribution in [1.29, 1.82) is 0 Å². The highest BCUT2D eigenvalue weighted by atomic mass is 19.2. The molecule has 1 atom stereocenters. The smallest absolute Gasteiger partial charge is 0.439 e. The number of carbonyl (C=O) groups excluding carboxylic acids is 2. The zero-order valence-electron chi connectivity index (χ0n) is 10.5. The molecule has 19 heavy (non-hydrogen) atoms. The molecule has 5 heteroatoms. The summed E-state index contributed by atoms with van der Waals surface area (Å²) >= 11 is 0. The number of ether oxygens (including phenoxy) is 1. The lowest BCUT2D eigenvalue weighted by Gasteiger charge is -2.09. The number of amides is 1. The van der Waals surface area contributed by atoms with E-state index in [1.54, 1.807) is 0 Å². The molecule has 0 saturated carbocycles. The van der Waals surface area contributed by atoms with E-state index in [1.807, 2.05) is 30.3 Å². The van der Waals surface area contributed by atoms with Crippen LogP contribution in [0.25, 0.3) is 0 Å². The molecule has 0 spiro atoms. The summed E-state index contributed by atoms with van der Waals surface area (Å²) in [6.07, 6.45) is 1.65. The van der Waals surface area contributed by atoms with Gasteiger partial charge in [-0.3, -0.25) is 4.79 Å². The number of halogens is 1. The molecule has 2 rings (SSSR count). The number of hydrogen-bond donors (Lipinski definition) is 0. The maximum Gasteiger partial charge on any atom is 0.439 e. The standard InChI is InChI=1S/C14H16FNO3/c15-16-12(10-19-14(16)18)13(17)9-5-4-8-11-6-2-1-3-7-11/h1-3,6-7,12H,4-5,8-10H2. The number of carbonyl (C=O) groups is 2. The van der Waals surface area contributed by atoms with Crippen LogP contribution in [-0.4, -0.2) is 29.6 Å². The Bertz CT molecular complexity index is 449. The Morgan fingerprint density at radius 3 is 2.68 bits per heavy atom. The van der Waals surface area contributed by atoms with Crippen molar-refractivity contribution in [3.8, 4) is 0 Å². The van der Waals surface area contributed by atoms with Crippen LogP contribution in [0, 0.1) is 0 Å². The van der Waals surface area contributed by atoms with Gasteiger partial charge >= 0.3 is 6.09 Å². The van der Waals surface area contributed by atoms with Crippen LogP contribution < -0.4 is 0 Å². The molecule has 102 valence electrons. The lowest BCUT2D eigenvalue weighted by atomic mass is 10.0. The van der Waals surface area contributed by atoms with Crippen molar-refractivity contribution >= 4 is 11.9 Å². The molecule has 4 nitrogen and oxygen atoms in total. The monoisotopic (exact) mass is 265 g/mol. The number of cyclic esters (lactones) is 1. The quantitative estimate of drug-likeness (QED) is 0.587. The normalized spacial score (nSPS) is 18.5.